The summed E-state index contributed by atoms with van der Waals surface area (Å²) in [6, 6.07) is 18.2. The maximum absolute atomic E-state index is 12.6. The first-order valence-corrected chi connectivity index (χ1v) is 12.4. The number of carbonyl (C=O) groups is 1. The molecule has 1 aromatic heterocycles. The third kappa shape index (κ3) is 5.33. The number of rotatable bonds is 7. The number of amides is 1. The van der Waals surface area contributed by atoms with E-state index in [2.05, 4.69) is 5.32 Å². The van der Waals surface area contributed by atoms with E-state index in [4.69, 9.17) is 4.74 Å². The van der Waals surface area contributed by atoms with Crippen molar-refractivity contribution in [1.82, 2.24) is 4.31 Å². The second kappa shape index (κ2) is 9.21. The van der Waals surface area contributed by atoms with E-state index in [1.807, 2.05) is 31.2 Å². The van der Waals surface area contributed by atoms with Gasteiger partial charge in [0.25, 0.3) is 10.0 Å². The van der Waals surface area contributed by atoms with Gasteiger partial charge in [-0.25, -0.2) is 8.42 Å². The van der Waals surface area contributed by atoms with E-state index in [0.29, 0.717) is 28.7 Å². The van der Waals surface area contributed by atoms with Crippen molar-refractivity contribution in [3.63, 3.8) is 0 Å². The average molecular weight is 457 g/mol. The number of nitrogens with zero attached hydrogens (tertiary/aromatic N) is 1. The summed E-state index contributed by atoms with van der Waals surface area (Å²) in [5, 5.41) is 2.85. The number of hydrogen-bond donors (Lipinski definition) is 1. The Hall–Kier alpha value is -2.68. The Morgan fingerprint density at radius 1 is 1.03 bits per heavy atom. The van der Waals surface area contributed by atoms with Gasteiger partial charge in [0.15, 0.2) is 0 Å². The molecule has 2 aromatic carbocycles. The van der Waals surface area contributed by atoms with Crippen LogP contribution < -0.4 is 10.1 Å². The Morgan fingerprint density at radius 3 is 2.48 bits per heavy atom. The van der Waals surface area contributed by atoms with Crippen molar-refractivity contribution in [3.05, 3.63) is 71.1 Å². The lowest BCUT2D eigenvalue weighted by Crippen LogP contribution is -2.27. The molecular formula is C23H24N2O4S2. The first-order chi connectivity index (χ1) is 14.9. The van der Waals surface area contributed by atoms with Gasteiger partial charge in [0.2, 0.25) is 5.91 Å². The minimum absolute atomic E-state index is 0.127. The normalized spacial score (nSPS) is 14.5. The van der Waals surface area contributed by atoms with Gasteiger partial charge in [-0.15, -0.1) is 11.3 Å². The van der Waals surface area contributed by atoms with Gasteiger partial charge in [-0.3, -0.25) is 4.79 Å². The van der Waals surface area contributed by atoms with Crippen molar-refractivity contribution in [2.24, 2.45) is 0 Å². The number of anilines is 1. The van der Waals surface area contributed by atoms with Gasteiger partial charge >= 0.3 is 0 Å². The highest BCUT2D eigenvalue weighted by Gasteiger charge is 2.28. The third-order valence-electron chi connectivity index (χ3n) is 4.99. The highest BCUT2D eigenvalue weighted by atomic mass is 32.2. The molecule has 6 nitrogen and oxygen atoms in total. The van der Waals surface area contributed by atoms with Crippen LogP contribution in [-0.4, -0.2) is 31.7 Å². The molecule has 1 fully saturated rings. The Labute approximate surface area is 186 Å². The van der Waals surface area contributed by atoms with E-state index in [0.717, 1.165) is 40.4 Å². The minimum atomic E-state index is -3.44. The molecule has 0 unspecified atom stereocenters. The van der Waals surface area contributed by atoms with Gasteiger partial charge in [0, 0.05) is 23.7 Å². The first kappa shape index (κ1) is 21.5. The fraction of sp³-hybridized carbons (Fsp3) is 0.261. The highest BCUT2D eigenvalue weighted by molar-refractivity contribution is 7.91. The Morgan fingerprint density at radius 2 is 1.77 bits per heavy atom. The lowest BCUT2D eigenvalue weighted by molar-refractivity contribution is -0.115. The number of aryl methyl sites for hydroxylation is 1. The van der Waals surface area contributed by atoms with Crippen molar-refractivity contribution in [1.29, 1.82) is 0 Å². The van der Waals surface area contributed by atoms with Crippen LogP contribution in [0.4, 0.5) is 5.69 Å². The van der Waals surface area contributed by atoms with E-state index in [1.54, 1.807) is 36.4 Å². The smallest absolute Gasteiger partial charge is 0.252 e. The quantitative estimate of drug-likeness (QED) is 0.553. The van der Waals surface area contributed by atoms with Crippen LogP contribution in [-0.2, 0) is 21.2 Å². The molecular weight excluding hydrogens is 432 g/mol. The lowest BCUT2D eigenvalue weighted by atomic mass is 10.2. The number of thiophene rings is 1. The van der Waals surface area contributed by atoms with Crippen molar-refractivity contribution >= 4 is 33.0 Å². The second-order valence-corrected chi connectivity index (χ2v) is 10.8. The summed E-state index contributed by atoms with van der Waals surface area (Å²) in [6.07, 6.45) is 1.92. The summed E-state index contributed by atoms with van der Waals surface area (Å²) in [5.41, 5.74) is 1.77. The number of sulfonamides is 1. The molecule has 8 heteroatoms. The zero-order chi connectivity index (χ0) is 21.8. The molecule has 4 rings (SSSR count). The summed E-state index contributed by atoms with van der Waals surface area (Å²) >= 11 is 1.16. The molecule has 0 spiro atoms. The summed E-state index contributed by atoms with van der Waals surface area (Å²) in [6.45, 7) is 3.14. The number of hydrogen-bond acceptors (Lipinski definition) is 5. The largest absolute Gasteiger partial charge is 0.457 e. The van der Waals surface area contributed by atoms with Gasteiger partial charge in [0.1, 0.15) is 15.7 Å². The van der Waals surface area contributed by atoms with Crippen LogP contribution in [0, 0.1) is 6.92 Å². The zero-order valence-electron chi connectivity index (χ0n) is 17.2. The van der Waals surface area contributed by atoms with Gasteiger partial charge in [-0.05, 0) is 73.9 Å². The molecule has 0 radical (unpaired) electrons. The molecule has 0 atom stereocenters. The van der Waals surface area contributed by atoms with Crippen molar-refractivity contribution in [2.75, 3.05) is 18.4 Å². The van der Waals surface area contributed by atoms with E-state index in [9.17, 15) is 13.2 Å². The number of nitrogens with one attached hydrogen (secondary N) is 1. The zero-order valence-corrected chi connectivity index (χ0v) is 18.8. The van der Waals surface area contributed by atoms with Crippen LogP contribution >= 0.6 is 11.3 Å². The van der Waals surface area contributed by atoms with Crippen LogP contribution in [0.3, 0.4) is 0 Å². The third-order valence-corrected chi connectivity index (χ3v) is 8.45. The van der Waals surface area contributed by atoms with E-state index >= 15 is 0 Å². The maximum atomic E-state index is 12.6. The molecule has 1 aliphatic heterocycles. The number of carbonyl (C=O) groups excluding carboxylic acids is 1. The summed E-state index contributed by atoms with van der Waals surface area (Å²) in [7, 11) is -3.44. The maximum Gasteiger partial charge on any atom is 0.252 e. The van der Waals surface area contributed by atoms with Gasteiger partial charge < -0.3 is 10.1 Å². The van der Waals surface area contributed by atoms with Crippen molar-refractivity contribution in [3.8, 4) is 11.5 Å². The monoisotopic (exact) mass is 456 g/mol. The van der Waals surface area contributed by atoms with Crippen LogP contribution in [0.2, 0.25) is 0 Å². The molecule has 31 heavy (non-hydrogen) atoms. The molecule has 1 aliphatic rings. The topological polar surface area (TPSA) is 75.7 Å². The van der Waals surface area contributed by atoms with E-state index in [-0.39, 0.29) is 12.3 Å². The SMILES string of the molecule is Cc1cccc(Oc2ccc(NC(=O)Cc3ccc(S(=O)(=O)N4CCCC4)s3)cc2)c1. The highest BCUT2D eigenvalue weighted by Crippen LogP contribution is 2.28. The van der Waals surface area contributed by atoms with Crippen LogP contribution in [0.5, 0.6) is 11.5 Å². The van der Waals surface area contributed by atoms with Gasteiger partial charge in [0.05, 0.1) is 6.42 Å². The van der Waals surface area contributed by atoms with Gasteiger partial charge in [-0.2, -0.15) is 4.31 Å². The number of benzene rings is 2. The molecule has 0 saturated carbocycles. The summed E-state index contributed by atoms with van der Waals surface area (Å²) in [4.78, 5) is 13.1. The molecule has 2 heterocycles. The summed E-state index contributed by atoms with van der Waals surface area (Å²) < 4.78 is 32.9. The lowest BCUT2D eigenvalue weighted by Gasteiger charge is -2.13. The van der Waals surface area contributed by atoms with Crippen LogP contribution in [0.15, 0.2) is 64.9 Å². The second-order valence-electron chi connectivity index (χ2n) is 7.50. The fourth-order valence-corrected chi connectivity index (χ4v) is 6.46. The number of ether oxygens (including phenoxy) is 1. The van der Waals surface area contributed by atoms with E-state index in [1.165, 1.54) is 4.31 Å². The molecule has 0 aliphatic carbocycles. The molecule has 1 amide bonds. The van der Waals surface area contributed by atoms with Crippen molar-refractivity contribution < 1.29 is 17.9 Å². The molecule has 3 aromatic rings. The minimum Gasteiger partial charge on any atom is -0.457 e. The standard InChI is InChI=1S/C23H24N2O4S2/c1-17-5-4-6-20(15-17)29-19-9-7-18(8-10-19)24-22(26)16-21-11-12-23(30-21)31(27,28)25-13-2-3-14-25/h4-12,15H,2-3,13-14,16H2,1H3,(H,24,26). The molecule has 162 valence electrons. The fourth-order valence-electron chi connectivity index (χ4n) is 3.43. The van der Waals surface area contributed by atoms with E-state index < -0.39 is 10.0 Å². The predicted molar refractivity (Wildman–Crippen MR) is 122 cm³/mol. The summed E-state index contributed by atoms with van der Waals surface area (Å²) in [5.74, 6) is 1.24. The molecule has 1 saturated heterocycles. The first-order valence-electron chi connectivity index (χ1n) is 10.1. The Kier molecular flexibility index (Phi) is 6.41. The van der Waals surface area contributed by atoms with Gasteiger partial charge in [-0.1, -0.05) is 12.1 Å². The average Bonchev–Trinajstić information content (AvgIpc) is 3.42. The molecule has 1 N–H and O–H groups in total. The van der Waals surface area contributed by atoms with Crippen LogP contribution in [0.25, 0.3) is 0 Å². The molecule has 0 bridgehead atoms. The predicted octanol–water partition coefficient (Wildman–Crippen LogP) is 4.81. The van der Waals surface area contributed by atoms with Crippen LogP contribution in [0.1, 0.15) is 23.3 Å². The van der Waals surface area contributed by atoms with Crippen molar-refractivity contribution in [2.45, 2.75) is 30.4 Å². The Bertz CT molecular complexity index is 1160. The Balaban J connectivity index is 1.34.